The van der Waals surface area contributed by atoms with Crippen LogP contribution in [0.5, 0.6) is 17.2 Å². The van der Waals surface area contributed by atoms with Gasteiger partial charge in [-0.05, 0) is 43.2 Å². The number of nitrogens with one attached hydrogen (secondary N) is 1. The van der Waals surface area contributed by atoms with E-state index in [1.807, 2.05) is 6.92 Å². The smallest absolute Gasteiger partial charge is 0.244 e. The fourth-order valence-electron chi connectivity index (χ4n) is 3.49. The normalized spacial score (nSPS) is 11.8. The fraction of sp³-hybridized carbons (Fsp3) is 0.440. The lowest BCUT2D eigenvalue weighted by Gasteiger charge is -2.32. The Morgan fingerprint density at radius 3 is 2.11 bits per heavy atom. The van der Waals surface area contributed by atoms with Crippen LogP contribution in [0.1, 0.15) is 25.8 Å². The molecule has 0 heterocycles. The standard InChI is InChI=1S/C25H35N3O7S/c1-7-14-26-25(30)18(2)27(16-19-8-10-20(33-3)11-9-19)24(29)17-28(36(6,31)32)22-13-12-21(34-4)15-23(22)35-5/h8-13,15,18H,7,14,16-17H2,1-6H3,(H,26,30). The van der Waals surface area contributed by atoms with Gasteiger partial charge in [0.1, 0.15) is 29.8 Å². The van der Waals surface area contributed by atoms with Crippen molar-refractivity contribution in [1.82, 2.24) is 10.2 Å². The Morgan fingerprint density at radius 2 is 1.58 bits per heavy atom. The molecule has 36 heavy (non-hydrogen) atoms. The molecule has 0 spiro atoms. The Hall–Kier alpha value is -3.47. The Balaban J connectivity index is 2.43. The van der Waals surface area contributed by atoms with Gasteiger partial charge in [-0.25, -0.2) is 8.42 Å². The minimum atomic E-state index is -3.89. The van der Waals surface area contributed by atoms with Crippen LogP contribution in [0, 0.1) is 0 Å². The van der Waals surface area contributed by atoms with Gasteiger partial charge in [0.2, 0.25) is 21.8 Å². The highest BCUT2D eigenvalue weighted by atomic mass is 32.2. The van der Waals surface area contributed by atoms with Crippen LogP contribution >= 0.6 is 0 Å². The molecule has 0 saturated carbocycles. The molecule has 11 heteroatoms. The number of benzene rings is 2. The monoisotopic (exact) mass is 521 g/mol. The highest BCUT2D eigenvalue weighted by Gasteiger charge is 2.31. The number of sulfonamides is 1. The largest absolute Gasteiger partial charge is 0.497 e. The Bertz CT molecular complexity index is 1140. The van der Waals surface area contributed by atoms with E-state index in [1.54, 1.807) is 44.4 Å². The third-order valence-corrected chi connectivity index (χ3v) is 6.69. The van der Waals surface area contributed by atoms with Crippen molar-refractivity contribution in [3.8, 4) is 17.2 Å². The summed E-state index contributed by atoms with van der Waals surface area (Å²) in [7, 11) is 0.541. The van der Waals surface area contributed by atoms with E-state index in [4.69, 9.17) is 14.2 Å². The number of amides is 2. The number of anilines is 1. The summed E-state index contributed by atoms with van der Waals surface area (Å²) in [6, 6.07) is 10.9. The first kappa shape index (κ1) is 28.8. The molecule has 2 aromatic carbocycles. The molecule has 1 N–H and O–H groups in total. The quantitative estimate of drug-likeness (QED) is 0.431. The zero-order chi connectivity index (χ0) is 26.9. The zero-order valence-corrected chi connectivity index (χ0v) is 22.4. The summed E-state index contributed by atoms with van der Waals surface area (Å²) in [5.74, 6) is 0.473. The van der Waals surface area contributed by atoms with E-state index in [-0.39, 0.29) is 23.9 Å². The van der Waals surface area contributed by atoms with E-state index in [0.29, 0.717) is 18.0 Å². The lowest BCUT2D eigenvalue weighted by Crippen LogP contribution is -2.51. The second kappa shape index (κ2) is 13.0. The van der Waals surface area contributed by atoms with Crippen molar-refractivity contribution >= 4 is 27.5 Å². The van der Waals surface area contributed by atoms with Crippen LogP contribution in [0.4, 0.5) is 5.69 Å². The van der Waals surface area contributed by atoms with Crippen LogP contribution < -0.4 is 23.8 Å². The average Bonchev–Trinajstić information content (AvgIpc) is 2.87. The van der Waals surface area contributed by atoms with Crippen molar-refractivity contribution in [2.75, 3.05) is 45.0 Å². The number of methoxy groups -OCH3 is 3. The van der Waals surface area contributed by atoms with Crippen LogP contribution in [0.25, 0.3) is 0 Å². The van der Waals surface area contributed by atoms with Crippen molar-refractivity contribution in [1.29, 1.82) is 0 Å². The molecule has 2 aromatic rings. The Labute approximate surface area is 213 Å². The van der Waals surface area contributed by atoms with Gasteiger partial charge in [-0.1, -0.05) is 19.1 Å². The first-order valence-electron chi connectivity index (χ1n) is 11.5. The molecule has 198 valence electrons. The van der Waals surface area contributed by atoms with Crippen molar-refractivity contribution in [2.45, 2.75) is 32.9 Å². The summed E-state index contributed by atoms with van der Waals surface area (Å²) in [4.78, 5) is 27.7. The number of rotatable bonds is 13. The van der Waals surface area contributed by atoms with Crippen molar-refractivity contribution < 1.29 is 32.2 Å². The first-order valence-corrected chi connectivity index (χ1v) is 13.3. The topological polar surface area (TPSA) is 114 Å². The minimum absolute atomic E-state index is 0.0981. The molecule has 0 fully saturated rings. The molecule has 2 amide bonds. The third kappa shape index (κ3) is 7.51. The molecule has 1 unspecified atom stereocenters. The number of hydrogen-bond acceptors (Lipinski definition) is 7. The zero-order valence-electron chi connectivity index (χ0n) is 21.6. The summed E-state index contributed by atoms with van der Waals surface area (Å²) < 4.78 is 42.2. The van der Waals surface area contributed by atoms with Gasteiger partial charge in [-0.15, -0.1) is 0 Å². The molecule has 1 atom stereocenters. The SMILES string of the molecule is CCCNC(=O)C(C)N(Cc1ccc(OC)cc1)C(=O)CN(c1ccc(OC)cc1OC)S(C)(=O)=O. The van der Waals surface area contributed by atoms with Crippen LogP contribution in [-0.4, -0.2) is 71.8 Å². The predicted molar refractivity (Wildman–Crippen MR) is 138 cm³/mol. The van der Waals surface area contributed by atoms with E-state index >= 15 is 0 Å². The Morgan fingerprint density at radius 1 is 0.972 bits per heavy atom. The second-order valence-electron chi connectivity index (χ2n) is 8.14. The molecular formula is C25H35N3O7S. The van der Waals surface area contributed by atoms with Gasteiger partial charge in [-0.2, -0.15) is 0 Å². The summed E-state index contributed by atoms with van der Waals surface area (Å²) >= 11 is 0. The maximum atomic E-state index is 13.6. The van der Waals surface area contributed by atoms with Crippen LogP contribution in [0.2, 0.25) is 0 Å². The van der Waals surface area contributed by atoms with Gasteiger partial charge >= 0.3 is 0 Å². The highest BCUT2D eigenvalue weighted by molar-refractivity contribution is 7.92. The number of nitrogens with zero attached hydrogens (tertiary/aromatic N) is 2. The first-order chi connectivity index (χ1) is 17.0. The Kier molecular flexibility index (Phi) is 10.4. The number of ether oxygens (including phenoxy) is 3. The molecule has 2 rings (SSSR count). The lowest BCUT2D eigenvalue weighted by atomic mass is 10.1. The molecule has 0 saturated heterocycles. The summed E-state index contributed by atoms with van der Waals surface area (Å²) in [5, 5.41) is 2.80. The summed E-state index contributed by atoms with van der Waals surface area (Å²) in [5.41, 5.74) is 0.939. The van der Waals surface area contributed by atoms with Gasteiger partial charge in [0.25, 0.3) is 0 Å². The highest BCUT2D eigenvalue weighted by Crippen LogP contribution is 2.33. The van der Waals surface area contributed by atoms with E-state index in [2.05, 4.69) is 5.32 Å². The molecule has 0 aromatic heterocycles. The van der Waals surface area contributed by atoms with E-state index in [1.165, 1.54) is 31.3 Å². The number of carbonyl (C=O) groups is 2. The second-order valence-corrected chi connectivity index (χ2v) is 10.1. The van der Waals surface area contributed by atoms with Gasteiger partial charge in [-0.3, -0.25) is 13.9 Å². The van der Waals surface area contributed by atoms with Gasteiger partial charge in [0.15, 0.2) is 0 Å². The predicted octanol–water partition coefficient (Wildman–Crippen LogP) is 2.42. The van der Waals surface area contributed by atoms with E-state index < -0.39 is 28.5 Å². The van der Waals surface area contributed by atoms with Crippen LogP contribution in [0.3, 0.4) is 0 Å². The molecule has 10 nitrogen and oxygen atoms in total. The number of carbonyl (C=O) groups excluding carboxylic acids is 2. The van der Waals surface area contributed by atoms with Gasteiger partial charge in [0.05, 0.1) is 33.3 Å². The minimum Gasteiger partial charge on any atom is -0.497 e. The average molecular weight is 522 g/mol. The number of hydrogen-bond donors (Lipinski definition) is 1. The molecule has 0 bridgehead atoms. The van der Waals surface area contributed by atoms with Crippen LogP contribution in [0.15, 0.2) is 42.5 Å². The summed E-state index contributed by atoms with van der Waals surface area (Å²) in [6.07, 6.45) is 1.75. The molecule has 0 radical (unpaired) electrons. The maximum absolute atomic E-state index is 13.6. The van der Waals surface area contributed by atoms with Gasteiger partial charge < -0.3 is 24.4 Å². The van der Waals surface area contributed by atoms with Crippen molar-refractivity contribution in [3.63, 3.8) is 0 Å². The van der Waals surface area contributed by atoms with Gasteiger partial charge in [0, 0.05) is 19.2 Å². The van der Waals surface area contributed by atoms with E-state index in [9.17, 15) is 18.0 Å². The molecule has 0 aliphatic heterocycles. The van der Waals surface area contributed by atoms with Crippen molar-refractivity contribution in [2.24, 2.45) is 0 Å². The van der Waals surface area contributed by atoms with Crippen molar-refractivity contribution in [3.05, 3.63) is 48.0 Å². The lowest BCUT2D eigenvalue weighted by molar-refractivity contribution is -0.139. The van der Waals surface area contributed by atoms with Crippen LogP contribution in [-0.2, 0) is 26.2 Å². The molecular weight excluding hydrogens is 486 g/mol. The molecule has 0 aliphatic carbocycles. The fourth-order valence-corrected chi connectivity index (χ4v) is 4.34. The maximum Gasteiger partial charge on any atom is 0.244 e. The van der Waals surface area contributed by atoms with E-state index in [0.717, 1.165) is 22.5 Å². The molecule has 0 aliphatic rings. The summed E-state index contributed by atoms with van der Waals surface area (Å²) in [6.45, 7) is 3.58. The third-order valence-electron chi connectivity index (χ3n) is 5.56.